The third-order valence-corrected chi connectivity index (χ3v) is 2.60. The van der Waals surface area contributed by atoms with Crippen molar-refractivity contribution in [2.24, 2.45) is 16.3 Å². The molecular formula is C12H23N5O6. The molecule has 0 aromatic carbocycles. The van der Waals surface area contributed by atoms with Crippen LogP contribution in [0, 0.1) is 16.0 Å². The second-order valence-corrected chi connectivity index (χ2v) is 5.85. The maximum atomic E-state index is 11.7. The number of hydrogen-bond donors (Lipinski definition) is 3. The van der Waals surface area contributed by atoms with E-state index in [1.54, 1.807) is 27.7 Å². The van der Waals surface area contributed by atoms with E-state index in [1.807, 2.05) is 0 Å². The molecule has 0 aliphatic heterocycles. The van der Waals surface area contributed by atoms with Crippen LogP contribution >= 0.6 is 0 Å². The Morgan fingerprint density at radius 3 is 2.48 bits per heavy atom. The lowest BCUT2D eigenvalue weighted by Gasteiger charge is -2.24. The fourth-order valence-electron chi connectivity index (χ4n) is 1.59. The van der Waals surface area contributed by atoms with E-state index in [9.17, 15) is 24.8 Å². The molecule has 132 valence electrons. The van der Waals surface area contributed by atoms with Gasteiger partial charge in [0, 0.05) is 0 Å². The summed E-state index contributed by atoms with van der Waals surface area (Å²) in [6.07, 6.45) is -0.398. The zero-order chi connectivity index (χ0) is 18.0. The molecule has 0 aromatic rings. The van der Waals surface area contributed by atoms with E-state index in [4.69, 9.17) is 4.74 Å². The number of alkyl carbamates (subject to hydrolysis) is 1. The highest BCUT2D eigenvalue weighted by molar-refractivity contribution is 5.80. The van der Waals surface area contributed by atoms with Crippen LogP contribution in [0.5, 0.6) is 0 Å². The highest BCUT2D eigenvalue weighted by Gasteiger charge is 2.28. The Kier molecular flexibility index (Phi) is 8.70. The van der Waals surface area contributed by atoms with Crippen molar-refractivity contribution in [2.75, 3.05) is 13.2 Å². The molecule has 1 amide bonds. The molecule has 11 nitrogen and oxygen atoms in total. The van der Waals surface area contributed by atoms with Crippen LogP contribution in [0.15, 0.2) is 10.3 Å². The molecule has 3 N–H and O–H groups in total. The Morgan fingerprint density at radius 2 is 2.00 bits per heavy atom. The topological polar surface area (TPSA) is 156 Å². The van der Waals surface area contributed by atoms with Crippen LogP contribution in [-0.2, 0) is 9.53 Å². The van der Waals surface area contributed by atoms with Gasteiger partial charge in [0.1, 0.15) is 11.6 Å². The highest BCUT2D eigenvalue weighted by Crippen LogP contribution is 2.11. The van der Waals surface area contributed by atoms with Crippen LogP contribution in [0.25, 0.3) is 0 Å². The summed E-state index contributed by atoms with van der Waals surface area (Å²) in [5.74, 6) is -1.56. The average molecular weight is 333 g/mol. The molecule has 2 atom stereocenters. The van der Waals surface area contributed by atoms with Gasteiger partial charge >= 0.3 is 12.1 Å². The molecule has 0 radical (unpaired) electrons. The molecule has 0 aliphatic rings. The summed E-state index contributed by atoms with van der Waals surface area (Å²) in [6, 6.07) is -1.10. The van der Waals surface area contributed by atoms with Crippen molar-refractivity contribution >= 4 is 12.1 Å². The third-order valence-electron chi connectivity index (χ3n) is 2.60. The normalized spacial score (nSPS) is 14.3. The standard InChI is InChI=1S/C12H23N5O6/c1-8(5-6-13-7-14-16-17(21)22)9(10(18)19)15-11(20)23-12(2,3)4/h8-9,13H,5-7H2,1-4H3,(H,15,20)(H,18,19)/t8-,9+/m1/s1. The van der Waals surface area contributed by atoms with Gasteiger partial charge in [0.25, 0.3) is 0 Å². The van der Waals surface area contributed by atoms with E-state index < -0.39 is 28.7 Å². The van der Waals surface area contributed by atoms with Gasteiger partial charge in [-0.2, -0.15) is 0 Å². The van der Waals surface area contributed by atoms with E-state index in [1.165, 1.54) is 0 Å². The van der Waals surface area contributed by atoms with Gasteiger partial charge in [-0.3, -0.25) is 5.32 Å². The Morgan fingerprint density at radius 1 is 1.39 bits per heavy atom. The summed E-state index contributed by atoms with van der Waals surface area (Å²) in [4.78, 5) is 32.8. The number of carbonyl (C=O) groups excluding carboxylic acids is 1. The minimum Gasteiger partial charge on any atom is -0.480 e. The van der Waals surface area contributed by atoms with Crippen molar-refractivity contribution < 1.29 is 24.5 Å². The van der Waals surface area contributed by atoms with Crippen molar-refractivity contribution in [2.45, 2.75) is 45.8 Å². The van der Waals surface area contributed by atoms with Crippen LogP contribution in [0.4, 0.5) is 4.79 Å². The lowest BCUT2D eigenvalue weighted by atomic mass is 9.98. The summed E-state index contributed by atoms with van der Waals surface area (Å²) < 4.78 is 5.03. The predicted octanol–water partition coefficient (Wildman–Crippen LogP) is 1.18. The number of rotatable bonds is 9. The van der Waals surface area contributed by atoms with E-state index in [0.29, 0.717) is 13.0 Å². The minimum absolute atomic E-state index is 0.0507. The average Bonchev–Trinajstić information content (AvgIpc) is 2.37. The van der Waals surface area contributed by atoms with Crippen molar-refractivity contribution in [1.82, 2.24) is 10.6 Å². The molecule has 0 aromatic heterocycles. The van der Waals surface area contributed by atoms with Crippen LogP contribution < -0.4 is 10.6 Å². The molecule has 0 aliphatic carbocycles. The zero-order valence-corrected chi connectivity index (χ0v) is 13.6. The lowest BCUT2D eigenvalue weighted by Crippen LogP contribution is -2.47. The number of hydrogen-bond acceptors (Lipinski definition) is 7. The molecular weight excluding hydrogens is 310 g/mol. The summed E-state index contributed by atoms with van der Waals surface area (Å²) in [5, 5.41) is 29.2. The summed E-state index contributed by atoms with van der Waals surface area (Å²) in [7, 11) is 0. The van der Waals surface area contributed by atoms with Crippen molar-refractivity contribution in [3.05, 3.63) is 10.1 Å². The zero-order valence-electron chi connectivity index (χ0n) is 13.6. The van der Waals surface area contributed by atoms with Gasteiger partial charge < -0.3 is 25.3 Å². The number of carboxylic acids is 1. The number of ether oxygens (including phenoxy) is 1. The van der Waals surface area contributed by atoms with Crippen LogP contribution in [0.1, 0.15) is 34.1 Å². The Hall–Kier alpha value is -2.30. The highest BCUT2D eigenvalue weighted by atomic mass is 16.7. The molecule has 0 saturated heterocycles. The molecule has 0 bridgehead atoms. The number of nitrogens with zero attached hydrogens (tertiary/aromatic N) is 3. The first-order chi connectivity index (χ1) is 10.5. The quantitative estimate of drug-likeness (QED) is 0.247. The minimum atomic E-state index is -1.17. The van der Waals surface area contributed by atoms with Crippen molar-refractivity contribution in [1.29, 1.82) is 0 Å². The fraction of sp³-hybridized carbons (Fsp3) is 0.833. The maximum Gasteiger partial charge on any atom is 0.408 e. The molecule has 0 rings (SSSR count). The molecule has 0 spiro atoms. The SMILES string of the molecule is C[C@H](CCNCN=N[N+](=O)[O-])[C@H](NC(=O)OC(C)(C)C)C(=O)O. The Balaban J connectivity index is 4.30. The molecule has 0 heterocycles. The molecule has 23 heavy (non-hydrogen) atoms. The van der Waals surface area contributed by atoms with Crippen LogP contribution in [0.2, 0.25) is 0 Å². The van der Waals surface area contributed by atoms with Crippen molar-refractivity contribution in [3.63, 3.8) is 0 Å². The van der Waals surface area contributed by atoms with Gasteiger partial charge in [0.05, 0.1) is 10.1 Å². The molecule has 0 saturated carbocycles. The number of amides is 1. The first-order valence-corrected chi connectivity index (χ1v) is 6.97. The summed E-state index contributed by atoms with van der Waals surface area (Å²) in [5.41, 5.74) is -0.722. The largest absolute Gasteiger partial charge is 0.480 e. The molecule has 11 heteroatoms. The van der Waals surface area contributed by atoms with Gasteiger partial charge in [-0.25, -0.2) is 9.59 Å². The first kappa shape index (κ1) is 20.7. The lowest BCUT2D eigenvalue weighted by molar-refractivity contribution is -0.494. The van der Waals surface area contributed by atoms with E-state index in [0.717, 1.165) is 0 Å². The van der Waals surface area contributed by atoms with Crippen LogP contribution in [0.3, 0.4) is 0 Å². The maximum absolute atomic E-state index is 11.7. The third kappa shape index (κ3) is 11.0. The Labute approximate surface area is 133 Å². The smallest absolute Gasteiger partial charge is 0.408 e. The van der Waals surface area contributed by atoms with Crippen molar-refractivity contribution in [3.8, 4) is 0 Å². The Bertz CT molecular complexity index is 448. The monoisotopic (exact) mass is 333 g/mol. The number of nitrogens with one attached hydrogen (secondary N) is 2. The van der Waals surface area contributed by atoms with Gasteiger partial charge in [0.2, 0.25) is 6.67 Å². The second kappa shape index (κ2) is 9.66. The van der Waals surface area contributed by atoms with E-state index in [2.05, 4.69) is 21.0 Å². The fourth-order valence-corrected chi connectivity index (χ4v) is 1.59. The number of nitro groups is 1. The van der Waals surface area contributed by atoms with Gasteiger partial charge in [-0.1, -0.05) is 6.92 Å². The second-order valence-electron chi connectivity index (χ2n) is 5.85. The number of carboxylic acid groups (broad SMARTS) is 1. The molecule has 0 unspecified atom stereocenters. The summed E-state index contributed by atoms with van der Waals surface area (Å²) in [6.45, 7) is 7.00. The first-order valence-electron chi connectivity index (χ1n) is 6.97. The van der Waals surface area contributed by atoms with Crippen LogP contribution in [-0.4, -0.2) is 47.1 Å². The van der Waals surface area contributed by atoms with Gasteiger partial charge in [-0.15, -0.1) is 0 Å². The molecule has 0 fully saturated rings. The number of carbonyl (C=O) groups is 2. The predicted molar refractivity (Wildman–Crippen MR) is 79.3 cm³/mol. The van der Waals surface area contributed by atoms with E-state index in [-0.39, 0.29) is 12.6 Å². The summed E-state index contributed by atoms with van der Waals surface area (Å²) >= 11 is 0. The number of aliphatic carboxylic acids is 1. The van der Waals surface area contributed by atoms with Gasteiger partial charge in [-0.05, 0) is 39.7 Å². The van der Waals surface area contributed by atoms with E-state index >= 15 is 0 Å². The van der Waals surface area contributed by atoms with Gasteiger partial charge in [0.15, 0.2) is 5.22 Å².